The van der Waals surface area contributed by atoms with Crippen LogP contribution in [-0.4, -0.2) is 56.6 Å². The van der Waals surface area contributed by atoms with Gasteiger partial charge in [0, 0.05) is 26.2 Å². The minimum absolute atomic E-state index is 0.0710. The highest BCUT2D eigenvalue weighted by molar-refractivity contribution is 5.16. The van der Waals surface area contributed by atoms with Crippen LogP contribution in [0.2, 0.25) is 0 Å². The van der Waals surface area contributed by atoms with Crippen LogP contribution in [0.4, 0.5) is 0 Å². The lowest BCUT2D eigenvalue weighted by atomic mass is 10.0. The molecule has 0 aliphatic carbocycles. The first kappa shape index (κ1) is 13.1. The Morgan fingerprint density at radius 3 is 2.47 bits per heavy atom. The van der Waals surface area contributed by atoms with E-state index in [2.05, 4.69) is 40.5 Å². The fourth-order valence-corrected chi connectivity index (χ4v) is 2.87. The molecule has 0 amide bonds. The Hall–Kier alpha value is -0.940. The Bertz CT molecular complexity index is 373. The van der Waals surface area contributed by atoms with Crippen molar-refractivity contribution in [2.75, 3.05) is 39.4 Å². The highest BCUT2D eigenvalue weighted by Crippen LogP contribution is 2.19. The summed E-state index contributed by atoms with van der Waals surface area (Å²) in [5.41, 5.74) is 1.35. The van der Waals surface area contributed by atoms with Gasteiger partial charge in [-0.1, -0.05) is 30.3 Å². The lowest BCUT2D eigenvalue weighted by Gasteiger charge is -2.37. The van der Waals surface area contributed by atoms with E-state index in [0.29, 0.717) is 6.04 Å². The lowest BCUT2D eigenvalue weighted by Crippen LogP contribution is -2.53. The molecule has 0 saturated carbocycles. The van der Waals surface area contributed by atoms with E-state index in [-0.39, 0.29) is 6.29 Å². The standard InChI is InChI=1S/C15H22N2O2/c1-2-4-13(5-3-1)12-14(15-18-10-11-19-15)17-8-6-16-7-9-17/h1-5,14-16H,6-12H2. The highest BCUT2D eigenvalue weighted by atomic mass is 16.7. The van der Waals surface area contributed by atoms with Gasteiger partial charge in [0.15, 0.2) is 6.29 Å². The minimum Gasteiger partial charge on any atom is -0.349 e. The molecule has 104 valence electrons. The summed E-state index contributed by atoms with van der Waals surface area (Å²) in [6.07, 6.45) is 0.921. The van der Waals surface area contributed by atoms with Crippen LogP contribution < -0.4 is 5.32 Å². The Kier molecular flexibility index (Phi) is 4.45. The van der Waals surface area contributed by atoms with Crippen LogP contribution in [-0.2, 0) is 15.9 Å². The van der Waals surface area contributed by atoms with E-state index >= 15 is 0 Å². The van der Waals surface area contributed by atoms with Crippen molar-refractivity contribution in [2.45, 2.75) is 18.8 Å². The van der Waals surface area contributed by atoms with E-state index in [0.717, 1.165) is 45.8 Å². The van der Waals surface area contributed by atoms with Gasteiger partial charge in [0.2, 0.25) is 0 Å². The molecule has 1 atom stereocenters. The van der Waals surface area contributed by atoms with Crippen LogP contribution in [0.25, 0.3) is 0 Å². The smallest absolute Gasteiger partial charge is 0.173 e. The largest absolute Gasteiger partial charge is 0.349 e. The Balaban J connectivity index is 1.71. The van der Waals surface area contributed by atoms with Crippen molar-refractivity contribution in [1.29, 1.82) is 0 Å². The fourth-order valence-electron chi connectivity index (χ4n) is 2.87. The molecular weight excluding hydrogens is 240 g/mol. The molecule has 4 nitrogen and oxygen atoms in total. The molecule has 1 aromatic rings. The van der Waals surface area contributed by atoms with Gasteiger partial charge in [-0.25, -0.2) is 0 Å². The van der Waals surface area contributed by atoms with Gasteiger partial charge < -0.3 is 14.8 Å². The Labute approximate surface area is 114 Å². The van der Waals surface area contributed by atoms with Gasteiger partial charge in [0.1, 0.15) is 0 Å². The van der Waals surface area contributed by atoms with Crippen molar-refractivity contribution in [3.05, 3.63) is 35.9 Å². The second-order valence-corrected chi connectivity index (χ2v) is 5.15. The fraction of sp³-hybridized carbons (Fsp3) is 0.600. The molecule has 2 aliphatic heterocycles. The Morgan fingerprint density at radius 1 is 1.11 bits per heavy atom. The summed E-state index contributed by atoms with van der Waals surface area (Å²) in [6, 6.07) is 11.0. The number of hydrogen-bond acceptors (Lipinski definition) is 4. The summed E-state index contributed by atoms with van der Waals surface area (Å²) in [5.74, 6) is 0. The molecule has 1 unspecified atom stereocenters. The maximum absolute atomic E-state index is 5.76. The van der Waals surface area contributed by atoms with Crippen LogP contribution in [0, 0.1) is 0 Å². The van der Waals surface area contributed by atoms with Gasteiger partial charge in [-0.2, -0.15) is 0 Å². The zero-order valence-corrected chi connectivity index (χ0v) is 11.3. The summed E-state index contributed by atoms with van der Waals surface area (Å²) in [5, 5.41) is 3.40. The second kappa shape index (κ2) is 6.48. The van der Waals surface area contributed by atoms with Crippen molar-refractivity contribution in [1.82, 2.24) is 10.2 Å². The van der Waals surface area contributed by atoms with E-state index in [9.17, 15) is 0 Å². The lowest BCUT2D eigenvalue weighted by molar-refractivity contribution is -0.101. The van der Waals surface area contributed by atoms with E-state index < -0.39 is 0 Å². The van der Waals surface area contributed by atoms with Crippen molar-refractivity contribution in [2.24, 2.45) is 0 Å². The summed E-state index contributed by atoms with van der Waals surface area (Å²) in [4.78, 5) is 2.50. The molecule has 0 radical (unpaired) electrons. The molecule has 0 aromatic heterocycles. The minimum atomic E-state index is -0.0710. The topological polar surface area (TPSA) is 33.7 Å². The monoisotopic (exact) mass is 262 g/mol. The summed E-state index contributed by atoms with van der Waals surface area (Å²) in [7, 11) is 0. The van der Waals surface area contributed by atoms with Crippen molar-refractivity contribution >= 4 is 0 Å². The van der Waals surface area contributed by atoms with Crippen LogP contribution >= 0.6 is 0 Å². The number of nitrogens with one attached hydrogen (secondary N) is 1. The van der Waals surface area contributed by atoms with E-state index in [1.807, 2.05) is 0 Å². The molecule has 0 spiro atoms. The molecule has 0 bridgehead atoms. The van der Waals surface area contributed by atoms with Gasteiger partial charge in [-0.3, -0.25) is 4.90 Å². The van der Waals surface area contributed by atoms with E-state index in [1.165, 1.54) is 5.56 Å². The first-order valence-corrected chi connectivity index (χ1v) is 7.15. The predicted octanol–water partition coefficient (Wildman–Crippen LogP) is 0.876. The molecule has 2 heterocycles. The number of rotatable bonds is 4. The quantitative estimate of drug-likeness (QED) is 0.873. The maximum atomic E-state index is 5.76. The number of benzene rings is 1. The summed E-state index contributed by atoms with van der Waals surface area (Å²) in [6.45, 7) is 5.70. The molecule has 2 saturated heterocycles. The average Bonchev–Trinajstić information content (AvgIpc) is 3.01. The molecule has 2 aliphatic rings. The summed E-state index contributed by atoms with van der Waals surface area (Å²) < 4.78 is 11.5. The van der Waals surface area contributed by atoms with Crippen molar-refractivity contribution < 1.29 is 9.47 Å². The van der Waals surface area contributed by atoms with Crippen LogP contribution in [0.5, 0.6) is 0 Å². The normalized spacial score (nSPS) is 23.6. The first-order valence-electron chi connectivity index (χ1n) is 7.15. The van der Waals surface area contributed by atoms with Gasteiger partial charge >= 0.3 is 0 Å². The molecule has 3 rings (SSSR count). The van der Waals surface area contributed by atoms with Crippen LogP contribution in [0.3, 0.4) is 0 Å². The van der Waals surface area contributed by atoms with Gasteiger partial charge in [-0.15, -0.1) is 0 Å². The van der Waals surface area contributed by atoms with Gasteiger partial charge in [0.05, 0.1) is 19.3 Å². The molecule has 1 aromatic carbocycles. The molecule has 19 heavy (non-hydrogen) atoms. The number of nitrogens with zero attached hydrogens (tertiary/aromatic N) is 1. The first-order chi connectivity index (χ1) is 9.43. The van der Waals surface area contributed by atoms with Crippen molar-refractivity contribution in [3.8, 4) is 0 Å². The summed E-state index contributed by atoms with van der Waals surface area (Å²) >= 11 is 0. The zero-order chi connectivity index (χ0) is 12.9. The molecule has 2 fully saturated rings. The molecule has 1 N–H and O–H groups in total. The molecule has 4 heteroatoms. The van der Waals surface area contributed by atoms with Crippen LogP contribution in [0.1, 0.15) is 5.56 Å². The van der Waals surface area contributed by atoms with Crippen molar-refractivity contribution in [3.63, 3.8) is 0 Å². The van der Waals surface area contributed by atoms with E-state index in [4.69, 9.17) is 9.47 Å². The van der Waals surface area contributed by atoms with Gasteiger partial charge in [0.25, 0.3) is 0 Å². The third kappa shape index (κ3) is 3.34. The third-order valence-electron chi connectivity index (χ3n) is 3.87. The average molecular weight is 262 g/mol. The molecular formula is C15H22N2O2. The van der Waals surface area contributed by atoms with Crippen LogP contribution in [0.15, 0.2) is 30.3 Å². The number of piperazine rings is 1. The number of ether oxygens (including phenoxy) is 2. The Morgan fingerprint density at radius 2 is 1.79 bits per heavy atom. The predicted molar refractivity (Wildman–Crippen MR) is 74.1 cm³/mol. The number of hydrogen-bond donors (Lipinski definition) is 1. The highest BCUT2D eigenvalue weighted by Gasteiger charge is 2.32. The SMILES string of the molecule is c1ccc(CC(C2OCCO2)N2CCNCC2)cc1. The second-order valence-electron chi connectivity index (χ2n) is 5.15. The van der Waals surface area contributed by atoms with E-state index in [1.54, 1.807) is 0 Å². The third-order valence-corrected chi connectivity index (χ3v) is 3.87. The zero-order valence-electron chi connectivity index (χ0n) is 11.3. The maximum Gasteiger partial charge on any atom is 0.173 e. The van der Waals surface area contributed by atoms with Gasteiger partial charge in [-0.05, 0) is 12.0 Å².